The van der Waals surface area contributed by atoms with Crippen molar-refractivity contribution in [2.75, 3.05) is 6.16 Å². The molecule has 70 valence electrons. The van der Waals surface area contributed by atoms with E-state index in [0.717, 1.165) is 20.4 Å². The van der Waals surface area contributed by atoms with Gasteiger partial charge in [0.2, 0.25) is 0 Å². The highest BCUT2D eigenvalue weighted by Gasteiger charge is 1.98. The molecule has 1 unspecified atom stereocenters. The third-order valence-corrected chi connectivity index (χ3v) is 3.63. The molecule has 13 heavy (non-hydrogen) atoms. The predicted molar refractivity (Wildman–Crippen MR) is 59.7 cm³/mol. The van der Waals surface area contributed by atoms with E-state index >= 15 is 0 Å². The van der Waals surface area contributed by atoms with Crippen LogP contribution in [-0.2, 0) is 0 Å². The van der Waals surface area contributed by atoms with Gasteiger partial charge in [-0.05, 0) is 30.0 Å². The summed E-state index contributed by atoms with van der Waals surface area (Å²) in [5.74, 6) is 0. The number of carbonyl (C=O) groups is 1. The minimum Gasteiger partial charge on any atom is -0.298 e. The quantitative estimate of drug-likeness (QED) is 0.531. The van der Waals surface area contributed by atoms with Crippen molar-refractivity contribution in [3.8, 4) is 0 Å². The van der Waals surface area contributed by atoms with Gasteiger partial charge in [0, 0.05) is 5.56 Å². The first-order chi connectivity index (χ1) is 6.27. The molecule has 1 nitrogen and oxygen atoms in total. The van der Waals surface area contributed by atoms with Gasteiger partial charge in [-0.2, -0.15) is 0 Å². The molecule has 0 heterocycles. The third-order valence-electron chi connectivity index (χ3n) is 1.96. The lowest BCUT2D eigenvalue weighted by Crippen LogP contribution is -2.02. The molecule has 0 saturated carbocycles. The second-order valence-electron chi connectivity index (χ2n) is 3.12. The Morgan fingerprint density at radius 1 is 1.46 bits per heavy atom. The van der Waals surface area contributed by atoms with E-state index in [1.54, 1.807) is 0 Å². The molecule has 1 aromatic carbocycles. The van der Waals surface area contributed by atoms with Crippen molar-refractivity contribution >= 4 is 20.2 Å². The maximum Gasteiger partial charge on any atom is 0.150 e. The number of hydrogen-bond donors (Lipinski definition) is 0. The molecular weight excluding hydrogens is 179 g/mol. The van der Waals surface area contributed by atoms with Crippen LogP contribution in [0.5, 0.6) is 0 Å². The first-order valence-corrected chi connectivity index (χ1v) is 5.78. The zero-order valence-electron chi connectivity index (χ0n) is 8.13. The van der Waals surface area contributed by atoms with Gasteiger partial charge in [-0.3, -0.25) is 4.79 Å². The lowest BCUT2D eigenvalue weighted by Gasteiger charge is -2.05. The molecule has 0 spiro atoms. The fraction of sp³-hybridized carbons (Fsp3) is 0.364. The summed E-state index contributed by atoms with van der Waals surface area (Å²) in [6, 6.07) is 5.92. The van der Waals surface area contributed by atoms with Gasteiger partial charge in [0.15, 0.2) is 0 Å². The van der Waals surface area contributed by atoms with Crippen LogP contribution in [0.2, 0.25) is 0 Å². The van der Waals surface area contributed by atoms with E-state index in [2.05, 4.69) is 13.8 Å². The molecule has 0 aliphatic heterocycles. The average molecular weight is 194 g/mol. The Morgan fingerprint density at radius 3 is 2.85 bits per heavy atom. The van der Waals surface area contributed by atoms with Crippen LogP contribution in [0.4, 0.5) is 0 Å². The Morgan fingerprint density at radius 2 is 2.23 bits per heavy atom. The lowest BCUT2D eigenvalue weighted by atomic mass is 10.2. The van der Waals surface area contributed by atoms with E-state index < -0.39 is 0 Å². The third kappa shape index (κ3) is 2.93. The molecule has 0 saturated heterocycles. The molecular formula is C11H15OP. The molecule has 0 bridgehead atoms. The summed E-state index contributed by atoms with van der Waals surface area (Å²) in [6.07, 6.45) is 3.35. The van der Waals surface area contributed by atoms with Crippen molar-refractivity contribution in [2.45, 2.75) is 20.3 Å². The van der Waals surface area contributed by atoms with Crippen molar-refractivity contribution in [1.82, 2.24) is 0 Å². The summed E-state index contributed by atoms with van der Waals surface area (Å²) < 4.78 is 0. The SMILES string of the molecule is CCCPc1cc(C=O)ccc1C. The molecule has 0 aromatic heterocycles. The van der Waals surface area contributed by atoms with Gasteiger partial charge in [-0.25, -0.2) is 0 Å². The van der Waals surface area contributed by atoms with Gasteiger partial charge in [0.1, 0.15) is 6.29 Å². The second-order valence-corrected chi connectivity index (χ2v) is 4.51. The normalized spacial score (nSPS) is 10.9. The number of carbonyl (C=O) groups excluding carboxylic acids is 1. The molecule has 1 aromatic rings. The monoisotopic (exact) mass is 194 g/mol. The minimum absolute atomic E-state index is 0.796. The van der Waals surface area contributed by atoms with Crippen LogP contribution in [0, 0.1) is 6.92 Å². The Bertz CT molecular complexity index is 294. The first-order valence-electron chi connectivity index (χ1n) is 4.57. The summed E-state index contributed by atoms with van der Waals surface area (Å²) in [7, 11) is 0.844. The number of hydrogen-bond acceptors (Lipinski definition) is 1. The van der Waals surface area contributed by atoms with E-state index in [9.17, 15) is 4.79 Å². The van der Waals surface area contributed by atoms with E-state index in [1.165, 1.54) is 23.5 Å². The van der Waals surface area contributed by atoms with Gasteiger partial charge in [0.05, 0.1) is 0 Å². The maximum atomic E-state index is 10.5. The van der Waals surface area contributed by atoms with Gasteiger partial charge >= 0.3 is 0 Å². The summed E-state index contributed by atoms with van der Waals surface area (Å²) in [6.45, 7) is 4.29. The zero-order chi connectivity index (χ0) is 9.68. The highest BCUT2D eigenvalue weighted by molar-refractivity contribution is 7.47. The molecule has 2 heteroatoms. The van der Waals surface area contributed by atoms with Crippen LogP contribution in [0.15, 0.2) is 18.2 Å². The largest absolute Gasteiger partial charge is 0.298 e. The highest BCUT2D eigenvalue weighted by atomic mass is 31.1. The van der Waals surface area contributed by atoms with E-state index in [-0.39, 0.29) is 0 Å². The van der Waals surface area contributed by atoms with Crippen molar-refractivity contribution in [3.63, 3.8) is 0 Å². The zero-order valence-corrected chi connectivity index (χ0v) is 9.13. The summed E-state index contributed by atoms with van der Waals surface area (Å²) >= 11 is 0. The van der Waals surface area contributed by atoms with E-state index in [1.807, 2.05) is 18.2 Å². The Balaban J connectivity index is 2.83. The molecule has 0 aliphatic carbocycles. The predicted octanol–water partition coefficient (Wildman–Crippen LogP) is 2.52. The number of benzene rings is 1. The fourth-order valence-electron chi connectivity index (χ4n) is 1.16. The van der Waals surface area contributed by atoms with Crippen LogP contribution in [0.3, 0.4) is 0 Å². The smallest absolute Gasteiger partial charge is 0.150 e. The van der Waals surface area contributed by atoms with Crippen LogP contribution < -0.4 is 5.30 Å². The van der Waals surface area contributed by atoms with Gasteiger partial charge in [-0.1, -0.05) is 34.1 Å². The second kappa shape index (κ2) is 5.14. The minimum atomic E-state index is 0.796. The highest BCUT2D eigenvalue weighted by Crippen LogP contribution is 2.15. The molecule has 0 N–H and O–H groups in total. The molecule has 1 atom stereocenters. The van der Waals surface area contributed by atoms with Crippen molar-refractivity contribution < 1.29 is 4.79 Å². The summed E-state index contributed by atoms with van der Waals surface area (Å²) in [5, 5.41) is 1.34. The average Bonchev–Trinajstić information content (AvgIpc) is 2.17. The topological polar surface area (TPSA) is 17.1 Å². The van der Waals surface area contributed by atoms with Crippen LogP contribution in [0.25, 0.3) is 0 Å². The van der Waals surface area contributed by atoms with Crippen LogP contribution in [0.1, 0.15) is 29.3 Å². The van der Waals surface area contributed by atoms with Crippen molar-refractivity contribution in [3.05, 3.63) is 29.3 Å². The summed E-state index contributed by atoms with van der Waals surface area (Å²) in [4.78, 5) is 10.5. The Kier molecular flexibility index (Phi) is 4.11. The number of rotatable bonds is 4. The molecule has 1 rings (SSSR count). The van der Waals surface area contributed by atoms with Gasteiger partial charge < -0.3 is 0 Å². The molecule has 0 aliphatic rings. The molecule has 0 amide bonds. The molecule has 0 fully saturated rings. The van der Waals surface area contributed by atoms with Gasteiger partial charge in [-0.15, -0.1) is 0 Å². The fourth-order valence-corrected chi connectivity index (χ4v) is 2.31. The standard InChI is InChI=1S/C11H15OP/c1-3-6-13-11-7-10(8-12)5-4-9(11)2/h4-5,7-8,13H,3,6H2,1-2H3. The number of aldehydes is 1. The Hall–Kier alpha value is -0.680. The van der Waals surface area contributed by atoms with Crippen molar-refractivity contribution in [1.29, 1.82) is 0 Å². The number of aryl methyl sites for hydroxylation is 1. The molecule has 0 radical (unpaired) electrons. The van der Waals surface area contributed by atoms with Gasteiger partial charge in [0.25, 0.3) is 0 Å². The first kappa shape index (κ1) is 10.4. The Labute approximate surface area is 81.3 Å². The van der Waals surface area contributed by atoms with Crippen molar-refractivity contribution in [2.24, 2.45) is 0 Å². The maximum absolute atomic E-state index is 10.5. The van der Waals surface area contributed by atoms with E-state index in [0.29, 0.717) is 0 Å². The summed E-state index contributed by atoms with van der Waals surface area (Å²) in [5.41, 5.74) is 2.10. The lowest BCUT2D eigenvalue weighted by molar-refractivity contribution is 0.112. The van der Waals surface area contributed by atoms with Crippen LogP contribution in [-0.4, -0.2) is 12.4 Å². The van der Waals surface area contributed by atoms with E-state index in [4.69, 9.17) is 0 Å². The van der Waals surface area contributed by atoms with Crippen LogP contribution >= 0.6 is 8.58 Å².